The van der Waals surface area contributed by atoms with E-state index < -0.39 is 0 Å². The van der Waals surface area contributed by atoms with Crippen LogP contribution in [-0.2, 0) is 6.54 Å². The summed E-state index contributed by atoms with van der Waals surface area (Å²) >= 11 is 12.1. The summed E-state index contributed by atoms with van der Waals surface area (Å²) in [6.07, 6.45) is 1.27. The van der Waals surface area contributed by atoms with Gasteiger partial charge in [0.25, 0.3) is 0 Å². The molecule has 2 fully saturated rings. The van der Waals surface area contributed by atoms with Crippen LogP contribution in [0.15, 0.2) is 18.2 Å². The van der Waals surface area contributed by atoms with Crippen LogP contribution in [0, 0.1) is 0 Å². The first kappa shape index (κ1) is 14.6. The smallest absolute Gasteiger partial charge is 0.0424 e. The Kier molecular flexibility index (Phi) is 4.84. The lowest BCUT2D eigenvalue weighted by molar-refractivity contribution is 0.170. The first-order valence-electron chi connectivity index (χ1n) is 7.33. The van der Waals surface area contributed by atoms with E-state index in [0.717, 1.165) is 36.2 Å². The lowest BCUT2D eigenvalue weighted by Crippen LogP contribution is -2.49. The van der Waals surface area contributed by atoms with Gasteiger partial charge in [0.1, 0.15) is 0 Å². The van der Waals surface area contributed by atoms with E-state index in [0.29, 0.717) is 6.04 Å². The fourth-order valence-corrected chi connectivity index (χ4v) is 3.83. The highest BCUT2D eigenvalue weighted by molar-refractivity contribution is 6.34. The number of benzene rings is 1. The highest BCUT2D eigenvalue weighted by Gasteiger charge is 2.28. The summed E-state index contributed by atoms with van der Waals surface area (Å²) in [5.41, 5.74) is 1.21. The maximum atomic E-state index is 6.07. The lowest BCUT2D eigenvalue weighted by Gasteiger charge is -2.32. The van der Waals surface area contributed by atoms with Gasteiger partial charge in [-0.1, -0.05) is 23.2 Å². The van der Waals surface area contributed by atoms with Gasteiger partial charge in [-0.05, 0) is 30.2 Å². The molecular weight excluding hydrogens is 293 g/mol. The van der Waals surface area contributed by atoms with Gasteiger partial charge in [0.2, 0.25) is 0 Å². The maximum Gasteiger partial charge on any atom is 0.0424 e. The molecular formula is C15H21Cl2N3. The molecule has 1 atom stereocenters. The number of hydrogen-bond acceptors (Lipinski definition) is 3. The van der Waals surface area contributed by atoms with Crippen LogP contribution in [0.3, 0.4) is 0 Å². The summed E-state index contributed by atoms with van der Waals surface area (Å²) in [6.45, 7) is 7.88. The molecule has 0 spiro atoms. The molecule has 2 aliphatic rings. The Bertz CT molecular complexity index is 440. The Morgan fingerprint density at radius 3 is 2.45 bits per heavy atom. The van der Waals surface area contributed by atoms with E-state index in [2.05, 4.69) is 15.1 Å². The van der Waals surface area contributed by atoms with Crippen molar-refractivity contribution in [3.8, 4) is 0 Å². The number of hydrogen-bond donors (Lipinski definition) is 1. The fourth-order valence-electron chi connectivity index (χ4n) is 3.26. The van der Waals surface area contributed by atoms with Crippen molar-refractivity contribution in [2.24, 2.45) is 0 Å². The molecule has 0 saturated carbocycles. The predicted octanol–water partition coefficient (Wildman–Crippen LogP) is 2.47. The summed E-state index contributed by atoms with van der Waals surface area (Å²) in [5.74, 6) is 0. The molecule has 3 nitrogen and oxygen atoms in total. The van der Waals surface area contributed by atoms with Gasteiger partial charge < -0.3 is 5.32 Å². The molecule has 0 bridgehead atoms. The minimum atomic E-state index is 0.715. The van der Waals surface area contributed by atoms with Crippen LogP contribution in [0.2, 0.25) is 10.0 Å². The maximum absolute atomic E-state index is 6.07. The summed E-state index contributed by atoms with van der Waals surface area (Å²) < 4.78 is 0. The van der Waals surface area contributed by atoms with Crippen molar-refractivity contribution in [1.82, 2.24) is 15.1 Å². The van der Waals surface area contributed by atoms with E-state index in [1.165, 1.54) is 31.6 Å². The Morgan fingerprint density at radius 2 is 1.75 bits per heavy atom. The van der Waals surface area contributed by atoms with E-state index in [1.807, 2.05) is 12.1 Å². The van der Waals surface area contributed by atoms with Gasteiger partial charge in [0.05, 0.1) is 0 Å². The standard InChI is InChI=1S/C15H21Cl2N3/c16-13-7-12(8-14(17)9-13)10-19-4-1-15(11-19)20-5-2-18-3-6-20/h7-9,15,18H,1-6,10-11H2. The van der Waals surface area contributed by atoms with Crippen molar-refractivity contribution < 1.29 is 0 Å². The molecule has 2 aliphatic heterocycles. The highest BCUT2D eigenvalue weighted by atomic mass is 35.5. The van der Waals surface area contributed by atoms with Gasteiger partial charge in [-0.2, -0.15) is 0 Å². The molecule has 0 radical (unpaired) electrons. The molecule has 110 valence electrons. The SMILES string of the molecule is Clc1cc(Cl)cc(CN2CCC(N3CCNCC3)C2)c1. The van der Waals surface area contributed by atoms with Gasteiger partial charge in [-0.15, -0.1) is 0 Å². The zero-order valence-corrected chi connectivity index (χ0v) is 13.1. The first-order valence-corrected chi connectivity index (χ1v) is 8.08. The number of nitrogens with zero attached hydrogens (tertiary/aromatic N) is 2. The van der Waals surface area contributed by atoms with Gasteiger partial charge in [-0.3, -0.25) is 9.80 Å². The first-order chi connectivity index (χ1) is 9.70. The van der Waals surface area contributed by atoms with Crippen molar-refractivity contribution in [3.63, 3.8) is 0 Å². The molecule has 0 aromatic heterocycles. The van der Waals surface area contributed by atoms with E-state index in [-0.39, 0.29) is 0 Å². The second-order valence-corrected chi connectivity index (χ2v) is 6.61. The second-order valence-electron chi connectivity index (χ2n) is 5.74. The number of likely N-dealkylation sites (tertiary alicyclic amines) is 1. The molecule has 3 rings (SSSR count). The normalized spacial score (nSPS) is 25.2. The topological polar surface area (TPSA) is 18.5 Å². The third-order valence-corrected chi connectivity index (χ3v) is 4.68. The number of rotatable bonds is 3. The van der Waals surface area contributed by atoms with Gasteiger partial charge >= 0.3 is 0 Å². The molecule has 1 unspecified atom stereocenters. The Labute approximate surface area is 130 Å². The number of halogens is 2. The Morgan fingerprint density at radius 1 is 1.05 bits per heavy atom. The molecule has 20 heavy (non-hydrogen) atoms. The molecule has 0 amide bonds. The zero-order chi connectivity index (χ0) is 13.9. The van der Waals surface area contributed by atoms with Crippen molar-refractivity contribution in [3.05, 3.63) is 33.8 Å². The molecule has 2 saturated heterocycles. The van der Waals surface area contributed by atoms with Gasteiger partial charge in [0.15, 0.2) is 0 Å². The lowest BCUT2D eigenvalue weighted by atomic mass is 10.2. The van der Waals surface area contributed by atoms with E-state index in [4.69, 9.17) is 23.2 Å². The third-order valence-electron chi connectivity index (χ3n) is 4.24. The fraction of sp³-hybridized carbons (Fsp3) is 0.600. The van der Waals surface area contributed by atoms with Crippen LogP contribution in [0.1, 0.15) is 12.0 Å². The second kappa shape index (κ2) is 6.63. The molecule has 0 aliphatic carbocycles. The minimum absolute atomic E-state index is 0.715. The van der Waals surface area contributed by atoms with Crippen LogP contribution in [0.4, 0.5) is 0 Å². The molecule has 2 heterocycles. The summed E-state index contributed by atoms with van der Waals surface area (Å²) in [4.78, 5) is 5.14. The van der Waals surface area contributed by atoms with Crippen molar-refractivity contribution >= 4 is 23.2 Å². The van der Waals surface area contributed by atoms with Crippen LogP contribution in [0.5, 0.6) is 0 Å². The molecule has 1 aromatic carbocycles. The number of piperazine rings is 1. The summed E-state index contributed by atoms with van der Waals surface area (Å²) in [6, 6.07) is 6.55. The molecule has 1 aromatic rings. The van der Waals surface area contributed by atoms with Crippen LogP contribution in [0.25, 0.3) is 0 Å². The molecule has 5 heteroatoms. The average Bonchev–Trinajstić information content (AvgIpc) is 2.87. The predicted molar refractivity (Wildman–Crippen MR) is 84.6 cm³/mol. The van der Waals surface area contributed by atoms with Gasteiger partial charge in [-0.25, -0.2) is 0 Å². The largest absolute Gasteiger partial charge is 0.314 e. The van der Waals surface area contributed by atoms with Crippen molar-refractivity contribution in [1.29, 1.82) is 0 Å². The third kappa shape index (κ3) is 3.66. The highest BCUT2D eigenvalue weighted by Crippen LogP contribution is 2.23. The monoisotopic (exact) mass is 313 g/mol. The van der Waals surface area contributed by atoms with Crippen LogP contribution < -0.4 is 5.32 Å². The van der Waals surface area contributed by atoms with E-state index in [1.54, 1.807) is 6.07 Å². The Hall–Kier alpha value is -0.320. The van der Waals surface area contributed by atoms with Gasteiger partial charge in [0, 0.05) is 61.9 Å². The van der Waals surface area contributed by atoms with Crippen LogP contribution >= 0.6 is 23.2 Å². The Balaban J connectivity index is 1.57. The number of nitrogens with one attached hydrogen (secondary N) is 1. The zero-order valence-electron chi connectivity index (χ0n) is 11.6. The molecule has 1 N–H and O–H groups in total. The quantitative estimate of drug-likeness (QED) is 0.925. The summed E-state index contributed by atoms with van der Waals surface area (Å²) in [7, 11) is 0. The van der Waals surface area contributed by atoms with Crippen molar-refractivity contribution in [2.75, 3.05) is 39.3 Å². The van der Waals surface area contributed by atoms with Crippen LogP contribution in [-0.4, -0.2) is 55.1 Å². The summed E-state index contributed by atoms with van der Waals surface area (Å²) in [5, 5.41) is 4.87. The minimum Gasteiger partial charge on any atom is -0.314 e. The van der Waals surface area contributed by atoms with Crippen molar-refractivity contribution in [2.45, 2.75) is 19.0 Å². The van der Waals surface area contributed by atoms with E-state index >= 15 is 0 Å². The van der Waals surface area contributed by atoms with E-state index in [9.17, 15) is 0 Å². The average molecular weight is 314 g/mol.